The Morgan fingerprint density at radius 2 is 2.04 bits per heavy atom. The molecular weight excluding hydrogens is 320 g/mol. The second-order valence-corrected chi connectivity index (χ2v) is 5.37. The third kappa shape index (κ3) is 3.90. The van der Waals surface area contributed by atoms with Gasteiger partial charge < -0.3 is 14.9 Å². The third-order valence-corrected chi connectivity index (χ3v) is 3.74. The Bertz CT molecular complexity index is 718. The standard InChI is InChI=1S/C16H17ClN2O4/c1-3-13-11(14(4-2)23-19-13)8-15(20)18-9-5-6-10(16(21)22)12(17)7-9/h5-7H,3-4,8H2,1-2H3,(H,18,20)(H,21,22). The molecule has 1 amide bonds. The zero-order valence-electron chi connectivity index (χ0n) is 12.9. The molecule has 0 bridgehead atoms. The quantitative estimate of drug-likeness (QED) is 0.844. The molecule has 0 saturated heterocycles. The summed E-state index contributed by atoms with van der Waals surface area (Å²) in [5.41, 5.74) is 2.01. The lowest BCUT2D eigenvalue weighted by atomic mass is 10.1. The van der Waals surface area contributed by atoms with Gasteiger partial charge in [-0.15, -0.1) is 0 Å². The van der Waals surface area contributed by atoms with Gasteiger partial charge in [0.1, 0.15) is 5.76 Å². The van der Waals surface area contributed by atoms with Crippen molar-refractivity contribution < 1.29 is 19.2 Å². The molecule has 0 unspecified atom stereocenters. The molecule has 2 N–H and O–H groups in total. The number of carboxylic acid groups (broad SMARTS) is 1. The lowest BCUT2D eigenvalue weighted by Crippen LogP contribution is -2.16. The summed E-state index contributed by atoms with van der Waals surface area (Å²) in [6, 6.07) is 4.27. The number of carbonyl (C=O) groups is 2. The first-order valence-electron chi connectivity index (χ1n) is 7.25. The minimum Gasteiger partial charge on any atom is -0.478 e. The molecule has 1 aromatic heterocycles. The highest BCUT2D eigenvalue weighted by Gasteiger charge is 2.17. The third-order valence-electron chi connectivity index (χ3n) is 3.43. The van der Waals surface area contributed by atoms with Crippen LogP contribution >= 0.6 is 11.6 Å². The Morgan fingerprint density at radius 1 is 1.30 bits per heavy atom. The minimum atomic E-state index is -1.11. The normalized spacial score (nSPS) is 10.6. The highest BCUT2D eigenvalue weighted by molar-refractivity contribution is 6.33. The second kappa shape index (κ2) is 7.28. The highest BCUT2D eigenvalue weighted by Crippen LogP contribution is 2.22. The molecule has 122 valence electrons. The Morgan fingerprint density at radius 3 is 2.61 bits per heavy atom. The first-order chi connectivity index (χ1) is 11.0. The number of amides is 1. The molecule has 1 aromatic carbocycles. The lowest BCUT2D eigenvalue weighted by molar-refractivity contribution is -0.115. The van der Waals surface area contributed by atoms with Crippen molar-refractivity contribution in [3.8, 4) is 0 Å². The summed E-state index contributed by atoms with van der Waals surface area (Å²) in [4.78, 5) is 23.1. The molecule has 23 heavy (non-hydrogen) atoms. The summed E-state index contributed by atoms with van der Waals surface area (Å²) in [5.74, 6) is -0.648. The van der Waals surface area contributed by atoms with E-state index >= 15 is 0 Å². The second-order valence-electron chi connectivity index (χ2n) is 4.96. The van der Waals surface area contributed by atoms with Crippen molar-refractivity contribution in [2.24, 2.45) is 0 Å². The van der Waals surface area contributed by atoms with E-state index in [-0.39, 0.29) is 22.9 Å². The van der Waals surface area contributed by atoms with Crippen LogP contribution in [0.3, 0.4) is 0 Å². The van der Waals surface area contributed by atoms with Gasteiger partial charge in [-0.25, -0.2) is 4.79 Å². The van der Waals surface area contributed by atoms with Crippen LogP contribution in [-0.4, -0.2) is 22.1 Å². The van der Waals surface area contributed by atoms with Crippen molar-refractivity contribution in [2.45, 2.75) is 33.1 Å². The average molecular weight is 337 g/mol. The number of aromatic carboxylic acids is 1. The number of nitrogens with zero attached hydrogens (tertiary/aromatic N) is 1. The van der Waals surface area contributed by atoms with Crippen molar-refractivity contribution in [3.05, 3.63) is 45.8 Å². The highest BCUT2D eigenvalue weighted by atomic mass is 35.5. The maximum atomic E-state index is 12.2. The number of hydrogen-bond acceptors (Lipinski definition) is 4. The fourth-order valence-corrected chi connectivity index (χ4v) is 2.53. The van der Waals surface area contributed by atoms with E-state index in [9.17, 15) is 9.59 Å². The number of hydrogen-bond donors (Lipinski definition) is 2. The van der Waals surface area contributed by atoms with E-state index < -0.39 is 5.97 Å². The summed E-state index contributed by atoms with van der Waals surface area (Å²) in [7, 11) is 0. The fourth-order valence-electron chi connectivity index (χ4n) is 2.27. The number of carboxylic acids is 1. The van der Waals surface area contributed by atoms with E-state index in [4.69, 9.17) is 21.2 Å². The maximum Gasteiger partial charge on any atom is 0.337 e. The molecule has 0 aliphatic carbocycles. The number of aromatic nitrogens is 1. The molecular formula is C16H17ClN2O4. The molecule has 0 atom stereocenters. The van der Waals surface area contributed by atoms with Gasteiger partial charge in [-0.2, -0.15) is 0 Å². The molecule has 6 nitrogen and oxygen atoms in total. The van der Waals surface area contributed by atoms with Gasteiger partial charge in [-0.3, -0.25) is 4.79 Å². The van der Waals surface area contributed by atoms with Crippen LogP contribution < -0.4 is 5.32 Å². The van der Waals surface area contributed by atoms with E-state index in [2.05, 4.69) is 10.5 Å². The predicted octanol–water partition coefficient (Wildman–Crippen LogP) is 3.33. The first-order valence-corrected chi connectivity index (χ1v) is 7.63. The van der Waals surface area contributed by atoms with Gasteiger partial charge in [0, 0.05) is 17.7 Å². The molecule has 0 aliphatic rings. The largest absolute Gasteiger partial charge is 0.478 e. The van der Waals surface area contributed by atoms with Crippen LogP contribution in [0.25, 0.3) is 0 Å². The van der Waals surface area contributed by atoms with E-state index in [0.717, 1.165) is 11.3 Å². The molecule has 1 heterocycles. The number of anilines is 1. The number of halogens is 1. The topological polar surface area (TPSA) is 92.4 Å². The number of rotatable bonds is 6. The maximum absolute atomic E-state index is 12.2. The number of benzene rings is 1. The van der Waals surface area contributed by atoms with Crippen LogP contribution in [0, 0.1) is 0 Å². The van der Waals surface area contributed by atoms with Crippen LogP contribution in [0.1, 0.15) is 41.2 Å². The summed E-state index contributed by atoms with van der Waals surface area (Å²) in [6.45, 7) is 3.88. The molecule has 2 rings (SSSR count). The van der Waals surface area contributed by atoms with Crippen LogP contribution in [0.15, 0.2) is 22.7 Å². The molecule has 0 saturated carbocycles. The van der Waals surface area contributed by atoms with Crippen LogP contribution in [-0.2, 0) is 24.1 Å². The van der Waals surface area contributed by atoms with E-state index in [1.165, 1.54) is 18.2 Å². The van der Waals surface area contributed by atoms with Crippen molar-refractivity contribution in [3.63, 3.8) is 0 Å². The van der Waals surface area contributed by atoms with E-state index in [1.807, 2.05) is 13.8 Å². The molecule has 2 aromatic rings. The Hall–Kier alpha value is -2.34. The summed E-state index contributed by atoms with van der Waals surface area (Å²) >= 11 is 5.89. The van der Waals surface area contributed by atoms with Crippen LogP contribution in [0.4, 0.5) is 5.69 Å². The molecule has 7 heteroatoms. The monoisotopic (exact) mass is 336 g/mol. The van der Waals surface area contributed by atoms with Gasteiger partial charge in [-0.05, 0) is 24.6 Å². The summed E-state index contributed by atoms with van der Waals surface area (Å²) < 4.78 is 5.23. The lowest BCUT2D eigenvalue weighted by Gasteiger charge is -2.07. The van der Waals surface area contributed by atoms with Crippen molar-refractivity contribution in [1.82, 2.24) is 5.16 Å². The Labute approximate surface area is 138 Å². The fraction of sp³-hybridized carbons (Fsp3) is 0.312. The van der Waals surface area contributed by atoms with Gasteiger partial charge in [-0.1, -0.05) is 30.6 Å². The van der Waals surface area contributed by atoms with Gasteiger partial charge in [0.25, 0.3) is 0 Å². The van der Waals surface area contributed by atoms with Crippen molar-refractivity contribution >= 4 is 29.2 Å². The van der Waals surface area contributed by atoms with Gasteiger partial charge in [0.05, 0.1) is 22.7 Å². The summed E-state index contributed by atoms with van der Waals surface area (Å²) in [5, 5.41) is 15.7. The smallest absolute Gasteiger partial charge is 0.337 e. The number of carbonyl (C=O) groups excluding carboxylic acids is 1. The van der Waals surface area contributed by atoms with Gasteiger partial charge in [0.2, 0.25) is 5.91 Å². The van der Waals surface area contributed by atoms with Crippen LogP contribution in [0.5, 0.6) is 0 Å². The summed E-state index contributed by atoms with van der Waals surface area (Å²) in [6.07, 6.45) is 1.49. The van der Waals surface area contributed by atoms with E-state index in [1.54, 1.807) is 0 Å². The SMILES string of the molecule is CCc1noc(CC)c1CC(=O)Nc1ccc(C(=O)O)c(Cl)c1. The van der Waals surface area contributed by atoms with Gasteiger partial charge in [0.15, 0.2) is 0 Å². The van der Waals surface area contributed by atoms with Gasteiger partial charge >= 0.3 is 5.97 Å². The Kier molecular flexibility index (Phi) is 5.39. The molecule has 0 radical (unpaired) electrons. The predicted molar refractivity (Wildman–Crippen MR) is 86.0 cm³/mol. The molecule has 0 aliphatic heterocycles. The number of aryl methyl sites for hydroxylation is 2. The van der Waals surface area contributed by atoms with Crippen molar-refractivity contribution in [2.75, 3.05) is 5.32 Å². The molecule has 0 spiro atoms. The molecule has 0 fully saturated rings. The first kappa shape index (κ1) is 17.0. The van der Waals surface area contributed by atoms with E-state index in [0.29, 0.717) is 24.3 Å². The zero-order valence-corrected chi connectivity index (χ0v) is 13.6. The zero-order chi connectivity index (χ0) is 17.0. The Balaban J connectivity index is 2.13. The number of nitrogens with one attached hydrogen (secondary N) is 1. The van der Waals surface area contributed by atoms with Crippen LogP contribution in [0.2, 0.25) is 5.02 Å². The minimum absolute atomic E-state index is 0.00904. The van der Waals surface area contributed by atoms with Crippen molar-refractivity contribution in [1.29, 1.82) is 0 Å². The average Bonchev–Trinajstić information content (AvgIpc) is 2.88.